The Labute approximate surface area is 174 Å². The molecule has 6 nitrogen and oxygen atoms in total. The molecule has 0 spiro atoms. The molecule has 0 atom stereocenters. The lowest BCUT2D eigenvalue weighted by molar-refractivity contribution is -0.895. The van der Waals surface area contributed by atoms with Crippen LogP contribution in [0, 0.1) is 0 Å². The molecule has 0 radical (unpaired) electrons. The zero-order valence-electron chi connectivity index (χ0n) is 16.1. The number of nitrogens with zero attached hydrogens (tertiary/aromatic N) is 1. The fourth-order valence-corrected chi connectivity index (χ4v) is 3.97. The summed E-state index contributed by atoms with van der Waals surface area (Å²) in [6.07, 6.45) is 2.31. The number of hydrogen-bond donors (Lipinski definition) is 3. The number of H-pyrrole nitrogens is 1. The number of quaternary nitrogens is 1. The number of anilines is 1. The van der Waals surface area contributed by atoms with Gasteiger partial charge < -0.3 is 20.1 Å². The first-order valence-electron chi connectivity index (χ1n) is 9.81. The van der Waals surface area contributed by atoms with Gasteiger partial charge in [0, 0.05) is 17.1 Å². The fraction of sp³-hybridized carbons (Fsp3) is 0.273. The number of fused-ring (bicyclic) bond motifs is 1. The molecule has 2 amide bonds. The van der Waals surface area contributed by atoms with Gasteiger partial charge in [-0.2, -0.15) is 0 Å². The molecular formula is C22H24ClN4O2+. The molecule has 1 fully saturated rings. The second-order valence-corrected chi connectivity index (χ2v) is 7.78. The van der Waals surface area contributed by atoms with Crippen LogP contribution in [0.15, 0.2) is 54.7 Å². The van der Waals surface area contributed by atoms with E-state index in [0.29, 0.717) is 36.8 Å². The zero-order chi connectivity index (χ0) is 20.2. The Hall–Kier alpha value is -2.83. The molecule has 7 heteroatoms. The predicted molar refractivity (Wildman–Crippen MR) is 114 cm³/mol. The number of piperazine rings is 1. The van der Waals surface area contributed by atoms with Gasteiger partial charge in [0.15, 0.2) is 6.54 Å². The Bertz CT molecular complexity index is 1020. The van der Waals surface area contributed by atoms with Crippen LogP contribution in [0.1, 0.15) is 5.56 Å². The number of hydrogen-bond acceptors (Lipinski definition) is 2. The van der Waals surface area contributed by atoms with Gasteiger partial charge in [0.25, 0.3) is 5.91 Å². The lowest BCUT2D eigenvalue weighted by Gasteiger charge is -2.32. The molecule has 1 saturated heterocycles. The van der Waals surface area contributed by atoms with Gasteiger partial charge in [-0.3, -0.25) is 9.59 Å². The summed E-state index contributed by atoms with van der Waals surface area (Å²) in [6.45, 7) is 3.21. The van der Waals surface area contributed by atoms with E-state index in [2.05, 4.69) is 10.3 Å². The number of rotatable bonds is 5. The van der Waals surface area contributed by atoms with Gasteiger partial charge in [0.2, 0.25) is 5.91 Å². The van der Waals surface area contributed by atoms with E-state index in [4.69, 9.17) is 11.6 Å². The van der Waals surface area contributed by atoms with Crippen molar-refractivity contribution in [1.29, 1.82) is 0 Å². The molecule has 4 rings (SSSR count). The predicted octanol–water partition coefficient (Wildman–Crippen LogP) is 1.73. The summed E-state index contributed by atoms with van der Waals surface area (Å²) < 4.78 is 0. The minimum atomic E-state index is -0.0633. The quantitative estimate of drug-likeness (QED) is 0.598. The van der Waals surface area contributed by atoms with Gasteiger partial charge in [-0.25, -0.2) is 0 Å². The van der Waals surface area contributed by atoms with Crippen LogP contribution in [0.5, 0.6) is 0 Å². The van der Waals surface area contributed by atoms with Crippen LogP contribution < -0.4 is 10.2 Å². The van der Waals surface area contributed by atoms with Crippen LogP contribution in [0.25, 0.3) is 10.9 Å². The average molecular weight is 412 g/mol. The van der Waals surface area contributed by atoms with E-state index < -0.39 is 0 Å². The van der Waals surface area contributed by atoms with Crippen molar-refractivity contribution in [1.82, 2.24) is 9.88 Å². The number of nitrogens with one attached hydrogen (secondary N) is 3. The standard InChI is InChI=1S/C22H23ClN4O2/c23-18-6-2-4-8-20(18)25-21(28)15-26-9-11-27(12-10-26)22(29)13-16-14-24-19-7-3-1-5-17(16)19/h1-8,14,24H,9-13,15H2,(H,25,28)/p+1. The normalized spacial score (nSPS) is 14.9. The summed E-state index contributed by atoms with van der Waals surface area (Å²) in [7, 11) is 0. The van der Waals surface area contributed by atoms with E-state index in [-0.39, 0.29) is 11.8 Å². The average Bonchev–Trinajstić information content (AvgIpc) is 3.13. The van der Waals surface area contributed by atoms with E-state index in [1.807, 2.05) is 47.5 Å². The first-order chi connectivity index (χ1) is 14.1. The summed E-state index contributed by atoms with van der Waals surface area (Å²) in [5, 5.41) is 4.49. The number of halogens is 1. The number of aromatic amines is 1. The highest BCUT2D eigenvalue weighted by Crippen LogP contribution is 2.20. The monoisotopic (exact) mass is 411 g/mol. The Morgan fingerprint density at radius 3 is 2.59 bits per heavy atom. The largest absolute Gasteiger partial charge is 0.361 e. The van der Waals surface area contributed by atoms with E-state index >= 15 is 0 Å². The molecule has 1 aromatic heterocycles. The van der Waals surface area contributed by atoms with Gasteiger partial charge in [-0.1, -0.05) is 41.9 Å². The van der Waals surface area contributed by atoms with Gasteiger partial charge in [0.1, 0.15) is 0 Å². The molecule has 0 saturated carbocycles. The lowest BCUT2D eigenvalue weighted by atomic mass is 10.1. The van der Waals surface area contributed by atoms with Crippen LogP contribution >= 0.6 is 11.6 Å². The first kappa shape index (κ1) is 19.5. The van der Waals surface area contributed by atoms with Crippen LogP contribution in [0.3, 0.4) is 0 Å². The van der Waals surface area contributed by atoms with Gasteiger partial charge in [0.05, 0.1) is 43.3 Å². The van der Waals surface area contributed by atoms with Crippen molar-refractivity contribution in [2.45, 2.75) is 6.42 Å². The highest BCUT2D eigenvalue weighted by Gasteiger charge is 2.25. The summed E-state index contributed by atoms with van der Waals surface area (Å²) in [4.78, 5) is 31.3. The summed E-state index contributed by atoms with van der Waals surface area (Å²) in [5.74, 6) is 0.0704. The number of benzene rings is 2. The smallest absolute Gasteiger partial charge is 0.279 e. The summed E-state index contributed by atoms with van der Waals surface area (Å²) >= 11 is 6.09. The molecule has 3 aromatic rings. The number of aromatic nitrogens is 1. The number of carbonyl (C=O) groups excluding carboxylic acids is 2. The SMILES string of the molecule is O=C(C[NH+]1CCN(C(=O)Cc2c[nH]c3ccccc23)CC1)Nc1ccccc1Cl. The molecule has 3 N–H and O–H groups in total. The van der Waals surface area contributed by atoms with Crippen LogP contribution in [0.4, 0.5) is 5.69 Å². The molecule has 29 heavy (non-hydrogen) atoms. The van der Waals surface area contributed by atoms with Gasteiger partial charge in [-0.15, -0.1) is 0 Å². The Balaban J connectivity index is 1.27. The molecule has 0 aliphatic carbocycles. The number of carbonyl (C=O) groups is 2. The van der Waals surface area contributed by atoms with Crippen molar-refractivity contribution < 1.29 is 14.5 Å². The fourth-order valence-electron chi connectivity index (χ4n) is 3.79. The highest BCUT2D eigenvalue weighted by atomic mass is 35.5. The Kier molecular flexibility index (Phi) is 5.83. The molecule has 0 bridgehead atoms. The van der Waals surface area contributed by atoms with Crippen molar-refractivity contribution in [3.63, 3.8) is 0 Å². The van der Waals surface area contributed by atoms with Crippen LogP contribution in [-0.2, 0) is 16.0 Å². The Morgan fingerprint density at radius 2 is 1.79 bits per heavy atom. The van der Waals surface area contributed by atoms with Crippen LogP contribution in [0.2, 0.25) is 5.02 Å². The number of amides is 2. The summed E-state index contributed by atoms with van der Waals surface area (Å²) in [5.41, 5.74) is 2.71. The van der Waals surface area contributed by atoms with Crippen molar-refractivity contribution in [3.8, 4) is 0 Å². The Morgan fingerprint density at radius 1 is 1.07 bits per heavy atom. The first-order valence-corrected chi connectivity index (χ1v) is 10.2. The molecule has 150 valence electrons. The van der Waals surface area contributed by atoms with Gasteiger partial charge >= 0.3 is 0 Å². The zero-order valence-corrected chi connectivity index (χ0v) is 16.8. The second-order valence-electron chi connectivity index (χ2n) is 7.37. The van der Waals surface area contributed by atoms with Crippen molar-refractivity contribution >= 4 is 40.0 Å². The van der Waals surface area contributed by atoms with Crippen molar-refractivity contribution in [3.05, 3.63) is 65.3 Å². The molecule has 2 heterocycles. The van der Waals surface area contributed by atoms with E-state index in [9.17, 15) is 9.59 Å². The highest BCUT2D eigenvalue weighted by molar-refractivity contribution is 6.33. The topological polar surface area (TPSA) is 69.6 Å². The molecular weight excluding hydrogens is 388 g/mol. The maximum atomic E-state index is 12.7. The lowest BCUT2D eigenvalue weighted by Crippen LogP contribution is -3.15. The van der Waals surface area contributed by atoms with Gasteiger partial charge in [-0.05, 0) is 23.8 Å². The third-order valence-electron chi connectivity index (χ3n) is 5.40. The minimum Gasteiger partial charge on any atom is -0.361 e. The second kappa shape index (κ2) is 8.68. The van der Waals surface area contributed by atoms with E-state index in [0.717, 1.165) is 29.6 Å². The van der Waals surface area contributed by atoms with Crippen molar-refractivity contribution in [2.24, 2.45) is 0 Å². The minimum absolute atomic E-state index is 0.0633. The third kappa shape index (κ3) is 4.60. The van der Waals surface area contributed by atoms with Crippen molar-refractivity contribution in [2.75, 3.05) is 38.0 Å². The van der Waals surface area contributed by atoms with E-state index in [1.54, 1.807) is 12.1 Å². The molecule has 1 aliphatic heterocycles. The molecule has 0 unspecified atom stereocenters. The maximum absolute atomic E-state index is 12.7. The number of para-hydroxylation sites is 2. The van der Waals surface area contributed by atoms with E-state index in [1.165, 1.54) is 4.90 Å². The summed E-state index contributed by atoms with van der Waals surface area (Å²) in [6, 6.07) is 15.2. The maximum Gasteiger partial charge on any atom is 0.279 e. The van der Waals surface area contributed by atoms with Crippen LogP contribution in [-0.4, -0.2) is 54.4 Å². The molecule has 2 aromatic carbocycles. The molecule has 1 aliphatic rings. The third-order valence-corrected chi connectivity index (χ3v) is 5.73.